The highest BCUT2D eigenvalue weighted by atomic mass is 35.5. The highest BCUT2D eigenvalue weighted by molar-refractivity contribution is 6.30. The Hall–Kier alpha value is -1.17. The molecule has 0 bridgehead atoms. The molecule has 3 heteroatoms. The molecule has 15 heavy (non-hydrogen) atoms. The third kappa shape index (κ3) is 3.47. The van der Waals surface area contributed by atoms with Crippen molar-refractivity contribution in [2.24, 2.45) is 0 Å². The molecule has 0 aliphatic rings. The Balaban J connectivity index is 2.89. The zero-order valence-corrected chi connectivity index (χ0v) is 9.51. The van der Waals surface area contributed by atoms with E-state index in [4.69, 9.17) is 16.3 Å². The number of aliphatic hydroxyl groups excluding tert-OH is 1. The molecular formula is C12H13ClO2. The molecule has 1 N–H and O–H groups in total. The first-order valence-electron chi connectivity index (χ1n) is 4.65. The van der Waals surface area contributed by atoms with Crippen LogP contribution in [-0.2, 0) is 0 Å². The van der Waals surface area contributed by atoms with Crippen LogP contribution in [0.4, 0.5) is 0 Å². The third-order valence-corrected chi connectivity index (χ3v) is 2.13. The third-order valence-electron chi connectivity index (χ3n) is 1.90. The summed E-state index contributed by atoms with van der Waals surface area (Å²) in [6.07, 6.45) is -0.603. The van der Waals surface area contributed by atoms with Gasteiger partial charge in [-0.3, -0.25) is 0 Å². The van der Waals surface area contributed by atoms with Crippen molar-refractivity contribution in [3.8, 4) is 17.6 Å². The minimum absolute atomic E-state index is 0.317. The minimum Gasteiger partial charge on any atom is -0.481 e. The molecular weight excluding hydrogens is 212 g/mol. The van der Waals surface area contributed by atoms with E-state index in [1.807, 2.05) is 0 Å². The zero-order valence-electron chi connectivity index (χ0n) is 8.75. The van der Waals surface area contributed by atoms with Gasteiger partial charge in [-0.05, 0) is 32.0 Å². The van der Waals surface area contributed by atoms with Crippen molar-refractivity contribution in [2.75, 3.05) is 6.61 Å². The van der Waals surface area contributed by atoms with Crippen LogP contribution < -0.4 is 4.74 Å². The van der Waals surface area contributed by atoms with Gasteiger partial charge in [0, 0.05) is 10.6 Å². The average molecular weight is 225 g/mol. The quantitative estimate of drug-likeness (QED) is 0.801. The molecule has 80 valence electrons. The van der Waals surface area contributed by atoms with Crippen LogP contribution in [0, 0.1) is 11.8 Å². The van der Waals surface area contributed by atoms with E-state index in [9.17, 15) is 5.11 Å². The molecule has 0 spiro atoms. The number of aliphatic hydroxyl groups is 1. The van der Waals surface area contributed by atoms with Crippen molar-refractivity contribution in [2.45, 2.75) is 20.0 Å². The standard InChI is InChI=1S/C12H13ClO2/c1-3-4-7-15-12-6-5-10(13)8-11(12)9(2)14/h5-6,8-9,14H,7H2,1-2H3/t9-/m0/s1. The molecule has 0 unspecified atom stereocenters. The summed E-state index contributed by atoms with van der Waals surface area (Å²) in [5.41, 5.74) is 0.681. The first-order valence-corrected chi connectivity index (χ1v) is 5.03. The summed E-state index contributed by atoms with van der Waals surface area (Å²) in [7, 11) is 0. The Labute approximate surface area is 94.8 Å². The van der Waals surface area contributed by atoms with E-state index in [0.717, 1.165) is 0 Å². The predicted molar refractivity (Wildman–Crippen MR) is 61.0 cm³/mol. The van der Waals surface area contributed by atoms with E-state index in [-0.39, 0.29) is 0 Å². The lowest BCUT2D eigenvalue weighted by Crippen LogP contribution is -2.00. The summed E-state index contributed by atoms with van der Waals surface area (Å²) in [5, 5.41) is 10.1. The van der Waals surface area contributed by atoms with Crippen molar-refractivity contribution in [1.29, 1.82) is 0 Å². The smallest absolute Gasteiger partial charge is 0.149 e. The molecule has 0 amide bonds. The number of benzene rings is 1. The summed E-state index contributed by atoms with van der Waals surface area (Å²) < 4.78 is 5.40. The van der Waals surface area contributed by atoms with E-state index in [2.05, 4.69) is 11.8 Å². The van der Waals surface area contributed by atoms with Crippen molar-refractivity contribution in [1.82, 2.24) is 0 Å². The Morgan fingerprint density at radius 3 is 2.87 bits per heavy atom. The number of hydrogen-bond acceptors (Lipinski definition) is 2. The van der Waals surface area contributed by atoms with Crippen LogP contribution in [0.2, 0.25) is 5.02 Å². The summed E-state index contributed by atoms with van der Waals surface area (Å²) in [4.78, 5) is 0. The van der Waals surface area contributed by atoms with Gasteiger partial charge in [0.25, 0.3) is 0 Å². The molecule has 0 radical (unpaired) electrons. The van der Waals surface area contributed by atoms with Gasteiger partial charge in [-0.2, -0.15) is 0 Å². The van der Waals surface area contributed by atoms with Gasteiger partial charge >= 0.3 is 0 Å². The molecule has 1 rings (SSSR count). The fourth-order valence-electron chi connectivity index (χ4n) is 1.16. The largest absolute Gasteiger partial charge is 0.481 e. The first-order chi connectivity index (χ1) is 7.15. The molecule has 2 nitrogen and oxygen atoms in total. The Morgan fingerprint density at radius 1 is 1.53 bits per heavy atom. The van der Waals surface area contributed by atoms with Gasteiger partial charge in [-0.1, -0.05) is 17.5 Å². The second-order valence-corrected chi connectivity index (χ2v) is 3.51. The summed E-state index contributed by atoms with van der Waals surface area (Å²) in [5.74, 6) is 6.15. The van der Waals surface area contributed by atoms with Gasteiger partial charge in [-0.15, -0.1) is 5.92 Å². The topological polar surface area (TPSA) is 29.5 Å². The van der Waals surface area contributed by atoms with Gasteiger partial charge in [-0.25, -0.2) is 0 Å². The molecule has 0 aromatic heterocycles. The molecule has 0 fully saturated rings. The molecule has 0 heterocycles. The lowest BCUT2D eigenvalue weighted by atomic mass is 10.1. The second kappa shape index (κ2) is 5.65. The minimum atomic E-state index is -0.603. The fraction of sp³-hybridized carbons (Fsp3) is 0.333. The number of ether oxygens (including phenoxy) is 1. The van der Waals surface area contributed by atoms with Crippen molar-refractivity contribution < 1.29 is 9.84 Å². The number of halogens is 1. The Morgan fingerprint density at radius 2 is 2.27 bits per heavy atom. The molecule has 1 aromatic carbocycles. The molecule has 1 atom stereocenters. The van der Waals surface area contributed by atoms with Crippen LogP contribution in [0.15, 0.2) is 18.2 Å². The van der Waals surface area contributed by atoms with E-state index in [1.54, 1.807) is 32.0 Å². The maximum Gasteiger partial charge on any atom is 0.149 e. The van der Waals surface area contributed by atoms with Gasteiger partial charge in [0.2, 0.25) is 0 Å². The number of rotatable bonds is 3. The maximum absolute atomic E-state index is 9.51. The highest BCUT2D eigenvalue weighted by Crippen LogP contribution is 2.28. The Bertz CT molecular complexity index is 388. The van der Waals surface area contributed by atoms with E-state index in [1.165, 1.54) is 0 Å². The molecule has 0 saturated carbocycles. The van der Waals surface area contributed by atoms with Crippen LogP contribution in [0.3, 0.4) is 0 Å². The van der Waals surface area contributed by atoms with Gasteiger partial charge in [0.15, 0.2) is 0 Å². The number of hydrogen-bond donors (Lipinski definition) is 1. The Kier molecular flexibility index (Phi) is 4.48. The fourth-order valence-corrected chi connectivity index (χ4v) is 1.34. The van der Waals surface area contributed by atoms with Crippen LogP contribution >= 0.6 is 11.6 Å². The molecule has 0 aliphatic heterocycles. The van der Waals surface area contributed by atoms with Crippen molar-refractivity contribution >= 4 is 11.6 Å². The summed E-state index contributed by atoms with van der Waals surface area (Å²) in [6.45, 7) is 3.74. The van der Waals surface area contributed by atoms with Crippen LogP contribution in [-0.4, -0.2) is 11.7 Å². The SMILES string of the molecule is CC#CCOc1ccc(Cl)cc1[C@H](C)O. The van der Waals surface area contributed by atoms with E-state index < -0.39 is 6.10 Å². The van der Waals surface area contributed by atoms with Crippen molar-refractivity contribution in [3.05, 3.63) is 28.8 Å². The van der Waals surface area contributed by atoms with Crippen LogP contribution in [0.25, 0.3) is 0 Å². The maximum atomic E-state index is 9.51. The van der Waals surface area contributed by atoms with Gasteiger partial charge in [0.05, 0.1) is 6.10 Å². The summed E-state index contributed by atoms with van der Waals surface area (Å²) in [6, 6.07) is 5.16. The van der Waals surface area contributed by atoms with E-state index >= 15 is 0 Å². The predicted octanol–water partition coefficient (Wildman–Crippen LogP) is 2.80. The zero-order chi connectivity index (χ0) is 11.3. The average Bonchev–Trinajstić information content (AvgIpc) is 2.20. The first kappa shape index (κ1) is 11.9. The normalized spacial score (nSPS) is 11.5. The lowest BCUT2D eigenvalue weighted by Gasteiger charge is -2.12. The van der Waals surface area contributed by atoms with Gasteiger partial charge in [0.1, 0.15) is 12.4 Å². The lowest BCUT2D eigenvalue weighted by molar-refractivity contribution is 0.193. The highest BCUT2D eigenvalue weighted by Gasteiger charge is 2.09. The van der Waals surface area contributed by atoms with Crippen LogP contribution in [0.1, 0.15) is 25.5 Å². The monoisotopic (exact) mass is 224 g/mol. The van der Waals surface area contributed by atoms with E-state index in [0.29, 0.717) is 22.9 Å². The summed E-state index contributed by atoms with van der Waals surface area (Å²) >= 11 is 5.83. The second-order valence-electron chi connectivity index (χ2n) is 3.07. The van der Waals surface area contributed by atoms with Crippen molar-refractivity contribution in [3.63, 3.8) is 0 Å². The van der Waals surface area contributed by atoms with Crippen LogP contribution in [0.5, 0.6) is 5.75 Å². The van der Waals surface area contributed by atoms with Gasteiger partial charge < -0.3 is 9.84 Å². The molecule has 0 saturated heterocycles. The molecule has 0 aliphatic carbocycles. The molecule has 1 aromatic rings.